The second-order valence-corrected chi connectivity index (χ2v) is 9.95. The van der Waals surface area contributed by atoms with E-state index in [1.807, 2.05) is 24.3 Å². The van der Waals surface area contributed by atoms with Crippen molar-refractivity contribution in [1.29, 1.82) is 0 Å². The van der Waals surface area contributed by atoms with Crippen LogP contribution in [0.1, 0.15) is 0 Å². The summed E-state index contributed by atoms with van der Waals surface area (Å²) in [5.41, 5.74) is 1.60. The van der Waals surface area contributed by atoms with E-state index in [1.54, 1.807) is 29.5 Å². The molecule has 8 nitrogen and oxygen atoms in total. The molecule has 0 N–H and O–H groups in total. The van der Waals surface area contributed by atoms with Crippen molar-refractivity contribution < 1.29 is 246 Å². The molecular weight excluding hydrogens is 920 g/mol. The first-order valence-electron chi connectivity index (χ1n) is 10.8. The summed E-state index contributed by atoms with van der Waals surface area (Å²) in [5, 5.41) is 33.3. The number of benzene rings is 2. The van der Waals surface area contributed by atoms with Crippen LogP contribution < -0.4 is 232 Å². The zero-order chi connectivity index (χ0) is 26.5. The Morgan fingerprint density at radius 3 is 1.65 bits per heavy atom. The Morgan fingerprint density at radius 1 is 0.675 bits per heavy atom. The monoisotopic (exact) mass is 937 g/mol. The second-order valence-electron chi connectivity index (χ2n) is 7.78. The van der Waals surface area contributed by atoms with Crippen molar-refractivity contribution in [3.8, 4) is 36.4 Å². The average molecular weight is 937 g/mol. The molecule has 40 heavy (non-hydrogen) atoms. The van der Waals surface area contributed by atoms with E-state index in [9.17, 15) is 34.1 Å². The Balaban J connectivity index is 0.00000267. The molecule has 4 aromatic rings. The van der Waals surface area contributed by atoms with Crippen molar-refractivity contribution in [3.63, 3.8) is 0 Å². The molecular formula is C26H17Cs3FNO7S2. The van der Waals surface area contributed by atoms with Crippen LogP contribution in [0.5, 0.6) is 5.75 Å². The zero-order valence-electron chi connectivity index (χ0n) is 22.0. The maximum Gasteiger partial charge on any atom is 1.00 e. The van der Waals surface area contributed by atoms with Gasteiger partial charge in [-0.2, -0.15) is 0 Å². The minimum atomic E-state index is -1.53. The standard InChI is InChI=1S/C26H20FNO7S2.3Cs/c27-17-4-1-15(2-5-17)20-7-9-22(36-20)23-10-8-21(37-23)16-3-6-18(19(11-16)35-14-26(33)34)28(12-24(29)30)13-25(31)32;;;/h1-11H,12-14H2,(H,29,30)(H,31,32)(H,33,34);;;/q;3*+1/p-3. The Labute approximate surface area is 414 Å². The van der Waals surface area contributed by atoms with Crippen LogP contribution >= 0.6 is 22.7 Å². The van der Waals surface area contributed by atoms with Crippen molar-refractivity contribution in [2.45, 2.75) is 0 Å². The predicted molar refractivity (Wildman–Crippen MR) is 131 cm³/mol. The van der Waals surface area contributed by atoms with E-state index in [0.717, 1.165) is 30.0 Å². The Bertz CT molecular complexity index is 1440. The molecule has 0 saturated heterocycles. The average Bonchev–Trinajstić information content (AvgIpc) is 3.52. The van der Waals surface area contributed by atoms with Crippen molar-refractivity contribution in [2.75, 3.05) is 24.6 Å². The molecule has 2 aromatic heterocycles. The molecule has 2 heterocycles. The van der Waals surface area contributed by atoms with E-state index in [4.69, 9.17) is 4.74 Å². The van der Waals surface area contributed by atoms with Crippen LogP contribution in [0, 0.1) is 5.82 Å². The van der Waals surface area contributed by atoms with Gasteiger partial charge in [0.2, 0.25) is 0 Å². The number of carbonyl (C=O) groups is 3. The number of halogens is 1. The smallest absolute Gasteiger partial charge is 0.548 e. The fraction of sp³-hybridized carbons (Fsp3) is 0.115. The number of nitrogens with zero attached hydrogens (tertiary/aromatic N) is 1. The van der Waals surface area contributed by atoms with Gasteiger partial charge in [0, 0.05) is 19.5 Å². The Morgan fingerprint density at radius 2 is 1.15 bits per heavy atom. The topological polar surface area (TPSA) is 133 Å². The minimum absolute atomic E-state index is 0. The van der Waals surface area contributed by atoms with Gasteiger partial charge >= 0.3 is 207 Å². The van der Waals surface area contributed by atoms with Gasteiger partial charge in [0.25, 0.3) is 0 Å². The third-order valence-electron chi connectivity index (χ3n) is 5.15. The van der Waals surface area contributed by atoms with Crippen molar-refractivity contribution in [3.05, 3.63) is 72.5 Å². The molecule has 2 aromatic carbocycles. The molecule has 0 fully saturated rings. The second kappa shape index (κ2) is 19.5. The number of hydrogen-bond acceptors (Lipinski definition) is 10. The van der Waals surface area contributed by atoms with Gasteiger partial charge in [0.15, 0.2) is 0 Å². The fourth-order valence-corrected chi connectivity index (χ4v) is 5.69. The molecule has 0 aliphatic carbocycles. The van der Waals surface area contributed by atoms with Crippen molar-refractivity contribution in [1.82, 2.24) is 0 Å². The van der Waals surface area contributed by atoms with Crippen molar-refractivity contribution >= 4 is 46.3 Å². The molecule has 0 amide bonds. The number of anilines is 1. The molecule has 0 aliphatic rings. The maximum atomic E-state index is 13.2. The fourth-order valence-electron chi connectivity index (χ4n) is 3.58. The summed E-state index contributed by atoms with van der Waals surface area (Å²) in [5.74, 6) is -4.91. The van der Waals surface area contributed by atoms with E-state index < -0.39 is 37.6 Å². The van der Waals surface area contributed by atoms with E-state index in [-0.39, 0.29) is 224 Å². The molecule has 4 rings (SSSR count). The van der Waals surface area contributed by atoms with E-state index in [0.29, 0.717) is 5.56 Å². The summed E-state index contributed by atoms with van der Waals surface area (Å²) >= 11 is 3.01. The third kappa shape index (κ3) is 11.7. The summed E-state index contributed by atoms with van der Waals surface area (Å²) in [6.07, 6.45) is 0. The molecule has 0 unspecified atom stereocenters. The molecule has 0 spiro atoms. The van der Waals surface area contributed by atoms with Crippen molar-refractivity contribution in [2.24, 2.45) is 0 Å². The number of thiophene rings is 2. The number of aliphatic carboxylic acids is 3. The molecule has 190 valence electrons. The van der Waals surface area contributed by atoms with Crippen LogP contribution in [0.15, 0.2) is 66.7 Å². The molecule has 0 bridgehead atoms. The number of rotatable bonds is 11. The van der Waals surface area contributed by atoms with Crippen LogP contribution in [0.3, 0.4) is 0 Å². The molecule has 0 aliphatic heterocycles. The van der Waals surface area contributed by atoms with Gasteiger partial charge in [0.05, 0.1) is 36.7 Å². The van der Waals surface area contributed by atoms with E-state index >= 15 is 0 Å². The molecule has 0 saturated carbocycles. The molecule has 0 radical (unpaired) electrons. The first kappa shape index (κ1) is 40.0. The predicted octanol–water partition coefficient (Wildman–Crippen LogP) is -7.60. The number of ether oxygens (including phenoxy) is 1. The normalized spacial score (nSPS) is 9.93. The van der Waals surface area contributed by atoms with Gasteiger partial charge < -0.3 is 39.3 Å². The van der Waals surface area contributed by atoms with Crippen LogP contribution in [0.25, 0.3) is 30.6 Å². The third-order valence-corrected chi connectivity index (χ3v) is 7.62. The van der Waals surface area contributed by atoms with Gasteiger partial charge in [-0.25, -0.2) is 4.39 Å². The SMILES string of the molecule is O=C([O-])COc1cc(-c2ccc(-c3ccc(-c4ccc(F)cc4)s3)s2)ccc1N(CC(=O)[O-])CC(=O)[O-].[Cs+].[Cs+].[Cs+]. The van der Waals surface area contributed by atoms with Crippen LogP contribution in [-0.2, 0) is 14.4 Å². The number of carbonyl (C=O) groups excluding carboxylic acids is 3. The van der Waals surface area contributed by atoms with Gasteiger partial charge in [-0.3, -0.25) is 0 Å². The van der Waals surface area contributed by atoms with E-state index in [2.05, 4.69) is 0 Å². The van der Waals surface area contributed by atoms with Crippen LogP contribution in [0.2, 0.25) is 0 Å². The number of carboxylic acids is 3. The summed E-state index contributed by atoms with van der Waals surface area (Å²) < 4.78 is 18.5. The number of hydrogen-bond donors (Lipinski definition) is 0. The summed E-state index contributed by atoms with van der Waals surface area (Å²) in [6.45, 7) is -2.36. The van der Waals surface area contributed by atoms with Gasteiger partial charge in [-0.05, 0) is 59.7 Å². The summed E-state index contributed by atoms with van der Waals surface area (Å²) in [7, 11) is 0. The number of carboxylic acid groups (broad SMARTS) is 3. The van der Waals surface area contributed by atoms with Crippen LogP contribution in [-0.4, -0.2) is 37.6 Å². The maximum absolute atomic E-state index is 13.2. The Kier molecular flexibility index (Phi) is 19.4. The van der Waals surface area contributed by atoms with Gasteiger partial charge in [0.1, 0.15) is 18.2 Å². The Hall–Kier alpha value is 1.94. The quantitative estimate of drug-likeness (QED) is 0.145. The largest absolute Gasteiger partial charge is 1.00 e. The van der Waals surface area contributed by atoms with Gasteiger partial charge in [-0.1, -0.05) is 18.2 Å². The summed E-state index contributed by atoms with van der Waals surface area (Å²) in [4.78, 5) is 38.0. The molecule has 0 atom stereocenters. The summed E-state index contributed by atoms with van der Waals surface area (Å²) in [6, 6.07) is 18.6. The van der Waals surface area contributed by atoms with E-state index in [1.165, 1.54) is 35.6 Å². The van der Waals surface area contributed by atoms with Gasteiger partial charge in [-0.15, -0.1) is 22.7 Å². The first-order valence-corrected chi connectivity index (χ1v) is 12.4. The minimum Gasteiger partial charge on any atom is -0.548 e. The first-order chi connectivity index (χ1) is 17.7. The zero-order valence-corrected chi connectivity index (χ0v) is 42.4. The van der Waals surface area contributed by atoms with Crippen LogP contribution in [0.4, 0.5) is 10.1 Å². The molecule has 14 heteroatoms.